The molecule has 0 radical (unpaired) electrons. The third-order valence-corrected chi connectivity index (χ3v) is 4.78. The normalized spacial score (nSPS) is 18.9. The fraction of sp³-hybridized carbons (Fsp3) is 0.250. The van der Waals surface area contributed by atoms with Gasteiger partial charge in [-0.25, -0.2) is 9.78 Å². The Labute approximate surface area is 163 Å². The van der Waals surface area contributed by atoms with Gasteiger partial charge in [0.15, 0.2) is 0 Å². The van der Waals surface area contributed by atoms with Gasteiger partial charge in [-0.05, 0) is 38.3 Å². The van der Waals surface area contributed by atoms with Gasteiger partial charge in [0, 0.05) is 35.3 Å². The third-order valence-electron chi connectivity index (χ3n) is 4.01. The van der Waals surface area contributed by atoms with Gasteiger partial charge in [0.2, 0.25) is 0 Å². The number of amides is 2. The van der Waals surface area contributed by atoms with E-state index in [2.05, 4.69) is 38.1 Å². The summed E-state index contributed by atoms with van der Waals surface area (Å²) in [5.74, 6) is 0.495. The summed E-state index contributed by atoms with van der Waals surface area (Å²) < 4.78 is 0. The highest BCUT2D eigenvalue weighted by Gasteiger charge is 2.19. The number of aliphatic imine (C=N–C) groups is 1. The number of carbonyl (C=O) groups excluding carboxylic acids is 1. The quantitative estimate of drug-likeness (QED) is 0.753. The molecule has 2 aliphatic heterocycles. The van der Waals surface area contributed by atoms with Crippen LogP contribution in [0, 0.1) is 12.8 Å². The number of thiazole rings is 1. The summed E-state index contributed by atoms with van der Waals surface area (Å²) >= 11 is 1.63. The van der Waals surface area contributed by atoms with Crippen LogP contribution in [0.25, 0.3) is 11.3 Å². The summed E-state index contributed by atoms with van der Waals surface area (Å²) in [6.07, 6.45) is 10.3. The second-order valence-corrected chi connectivity index (χ2v) is 7.11. The van der Waals surface area contributed by atoms with Gasteiger partial charge in [-0.2, -0.15) is 0 Å². The molecule has 1 aromatic heterocycles. The number of hydrogen-bond donors (Lipinski definition) is 3. The van der Waals surface area contributed by atoms with Crippen molar-refractivity contribution in [2.45, 2.75) is 20.0 Å². The number of nitrogens with one attached hydrogen (secondary N) is 3. The van der Waals surface area contributed by atoms with Crippen LogP contribution in [-0.2, 0) is 0 Å². The van der Waals surface area contributed by atoms with Gasteiger partial charge in [-0.15, -0.1) is 11.3 Å². The number of aryl methyl sites for hydroxylation is 1. The maximum atomic E-state index is 11.3. The lowest BCUT2D eigenvalue weighted by Gasteiger charge is -2.13. The van der Waals surface area contributed by atoms with Gasteiger partial charge >= 0.3 is 6.03 Å². The van der Waals surface area contributed by atoms with Gasteiger partial charge < -0.3 is 16.0 Å². The number of dihydropyridines is 1. The maximum absolute atomic E-state index is 11.3. The minimum atomic E-state index is -0.185. The molecule has 0 bridgehead atoms. The highest BCUT2D eigenvalue weighted by Crippen LogP contribution is 2.23. The Morgan fingerprint density at radius 1 is 1.26 bits per heavy atom. The van der Waals surface area contributed by atoms with E-state index in [-0.39, 0.29) is 12.2 Å². The molecule has 6 nitrogen and oxygen atoms in total. The number of anilines is 1. The monoisotopic (exact) mass is 381 g/mol. The number of carbonyl (C=O) groups is 1. The van der Waals surface area contributed by atoms with Crippen molar-refractivity contribution in [1.82, 2.24) is 15.6 Å². The molecule has 2 atom stereocenters. The fourth-order valence-electron chi connectivity index (χ4n) is 2.67. The molecule has 2 aromatic rings. The molecule has 7 heteroatoms. The van der Waals surface area contributed by atoms with Gasteiger partial charge in [-0.3, -0.25) is 4.99 Å². The molecule has 0 saturated heterocycles. The van der Waals surface area contributed by atoms with E-state index < -0.39 is 0 Å². The summed E-state index contributed by atoms with van der Waals surface area (Å²) in [6.45, 7) is 4.48. The van der Waals surface area contributed by atoms with E-state index in [0.29, 0.717) is 12.5 Å². The van der Waals surface area contributed by atoms with Crippen LogP contribution in [0.15, 0.2) is 59.1 Å². The van der Waals surface area contributed by atoms with Crippen molar-refractivity contribution in [2.75, 3.05) is 11.9 Å². The molecule has 0 spiro atoms. The van der Waals surface area contributed by atoms with Gasteiger partial charge in [-0.1, -0.05) is 24.3 Å². The molecule has 140 valence electrons. The van der Waals surface area contributed by atoms with Crippen LogP contribution in [0.4, 0.5) is 10.5 Å². The average molecular weight is 382 g/mol. The molecule has 27 heavy (non-hydrogen) atoms. The largest absolute Gasteiger partial charge is 0.369 e. The molecule has 0 aliphatic carbocycles. The lowest BCUT2D eigenvalue weighted by atomic mass is 10.1. The lowest BCUT2D eigenvalue weighted by Crippen LogP contribution is -2.28. The second-order valence-electron chi connectivity index (χ2n) is 6.04. The van der Waals surface area contributed by atoms with E-state index in [4.69, 9.17) is 0 Å². The molecule has 3 N–H and O–H groups in total. The third kappa shape index (κ3) is 5.27. The summed E-state index contributed by atoms with van der Waals surface area (Å²) in [5, 5.41) is 11.7. The first-order valence-corrected chi connectivity index (χ1v) is 9.74. The van der Waals surface area contributed by atoms with Crippen LogP contribution in [0.1, 0.15) is 11.9 Å². The van der Waals surface area contributed by atoms with Crippen LogP contribution in [0.2, 0.25) is 0 Å². The fourth-order valence-corrected chi connectivity index (χ4v) is 3.29. The predicted octanol–water partition coefficient (Wildman–Crippen LogP) is 3.95. The van der Waals surface area contributed by atoms with Crippen LogP contribution >= 0.6 is 11.3 Å². The van der Waals surface area contributed by atoms with E-state index in [0.717, 1.165) is 22.0 Å². The van der Waals surface area contributed by atoms with Gasteiger partial charge in [0.05, 0.1) is 10.7 Å². The molecule has 2 aliphatic rings. The van der Waals surface area contributed by atoms with E-state index >= 15 is 0 Å². The molecule has 0 fully saturated rings. The second kappa shape index (κ2) is 9.14. The van der Waals surface area contributed by atoms with Crippen molar-refractivity contribution in [2.24, 2.45) is 10.9 Å². The zero-order valence-corrected chi connectivity index (χ0v) is 16.2. The average Bonchev–Trinajstić information content (AvgIpc) is 3.32. The van der Waals surface area contributed by atoms with Crippen molar-refractivity contribution in [3.63, 3.8) is 0 Å². The van der Waals surface area contributed by atoms with Crippen molar-refractivity contribution in [3.05, 3.63) is 59.1 Å². The first-order chi connectivity index (χ1) is 13.2. The summed E-state index contributed by atoms with van der Waals surface area (Å²) in [6, 6.07) is 7.47. The standard InChI is InChI=1S/C13H15N3OS.C7H8N2/c1-3-14-13(17)16-11-6-4-10(5-7-11)12-8-18-9(2)15-12;1-2-6-3-5-9-7(6)8-4-1/h4-8H,3H2,1-2H3,(H2,14,16,17);1-7,9H. The zero-order chi connectivity index (χ0) is 19.1. The molecule has 2 unspecified atom stereocenters. The van der Waals surface area contributed by atoms with Crippen LogP contribution in [0.3, 0.4) is 0 Å². The zero-order valence-electron chi connectivity index (χ0n) is 15.3. The highest BCUT2D eigenvalue weighted by atomic mass is 32.1. The van der Waals surface area contributed by atoms with E-state index in [9.17, 15) is 4.79 Å². The van der Waals surface area contributed by atoms with Crippen molar-refractivity contribution in [3.8, 4) is 11.3 Å². The van der Waals surface area contributed by atoms with Crippen molar-refractivity contribution in [1.29, 1.82) is 0 Å². The first-order valence-electron chi connectivity index (χ1n) is 8.86. The Balaban J connectivity index is 0.000000193. The lowest BCUT2D eigenvalue weighted by molar-refractivity contribution is 0.252. The summed E-state index contributed by atoms with van der Waals surface area (Å²) in [5.41, 5.74) is 2.81. The number of benzene rings is 1. The Hall–Kier alpha value is -2.93. The number of nitrogens with zero attached hydrogens (tertiary/aromatic N) is 2. The highest BCUT2D eigenvalue weighted by molar-refractivity contribution is 7.09. The SMILES string of the molecule is C1=CC2C=CNC2N=C1.CCNC(=O)Nc1ccc(-c2csc(C)n2)cc1. The number of fused-ring (bicyclic) bond motifs is 1. The maximum Gasteiger partial charge on any atom is 0.319 e. The molecule has 2 amide bonds. The first kappa shape index (κ1) is 18.8. The van der Waals surface area contributed by atoms with E-state index in [1.807, 2.05) is 62.0 Å². The minimum absolute atomic E-state index is 0.185. The van der Waals surface area contributed by atoms with Gasteiger partial charge in [0.25, 0.3) is 0 Å². The molecule has 3 heterocycles. The molecule has 0 saturated carbocycles. The Morgan fingerprint density at radius 3 is 2.74 bits per heavy atom. The Kier molecular flexibility index (Phi) is 6.38. The number of hydrogen-bond acceptors (Lipinski definition) is 5. The smallest absolute Gasteiger partial charge is 0.319 e. The number of urea groups is 1. The van der Waals surface area contributed by atoms with Crippen LogP contribution in [0.5, 0.6) is 0 Å². The van der Waals surface area contributed by atoms with E-state index in [1.165, 1.54) is 0 Å². The molecular formula is C20H23N5OS. The molecular weight excluding hydrogens is 358 g/mol. The van der Waals surface area contributed by atoms with E-state index in [1.54, 1.807) is 11.3 Å². The van der Waals surface area contributed by atoms with Crippen molar-refractivity contribution < 1.29 is 4.79 Å². The predicted molar refractivity (Wildman–Crippen MR) is 112 cm³/mol. The van der Waals surface area contributed by atoms with Crippen molar-refractivity contribution >= 4 is 29.3 Å². The number of rotatable bonds is 3. The minimum Gasteiger partial charge on any atom is -0.369 e. The summed E-state index contributed by atoms with van der Waals surface area (Å²) in [4.78, 5) is 20.0. The molecule has 4 rings (SSSR count). The van der Waals surface area contributed by atoms with Crippen LogP contribution in [-0.4, -0.2) is 29.9 Å². The Bertz CT molecular complexity index is 854. The molecule has 1 aromatic carbocycles. The number of aromatic nitrogens is 1. The number of allylic oxidation sites excluding steroid dienone is 1. The summed E-state index contributed by atoms with van der Waals surface area (Å²) in [7, 11) is 0. The van der Waals surface area contributed by atoms with Crippen LogP contribution < -0.4 is 16.0 Å². The topological polar surface area (TPSA) is 78.4 Å². The van der Waals surface area contributed by atoms with Gasteiger partial charge in [0.1, 0.15) is 6.17 Å². The Morgan fingerprint density at radius 2 is 2.07 bits per heavy atom.